The number of hydrogen-bond donors (Lipinski definition) is 0. The number of aryl methyl sites for hydroxylation is 1. The third kappa shape index (κ3) is 4.64. The van der Waals surface area contributed by atoms with Gasteiger partial charge < -0.3 is 9.64 Å². The lowest BCUT2D eigenvalue weighted by Gasteiger charge is -2.38. The Hall–Kier alpha value is -1.25. The van der Waals surface area contributed by atoms with Crippen molar-refractivity contribution in [3.05, 3.63) is 42.0 Å². The molecule has 0 atom stereocenters. The third-order valence-corrected chi connectivity index (χ3v) is 5.08. The quantitative estimate of drug-likeness (QED) is 0.725. The molecule has 1 saturated heterocycles. The number of benzene rings is 2. The van der Waals surface area contributed by atoms with E-state index in [1.165, 1.54) is 55.2 Å². The van der Waals surface area contributed by atoms with E-state index < -0.39 is 0 Å². The molecule has 0 aromatic heterocycles. The van der Waals surface area contributed by atoms with Crippen LogP contribution >= 0.6 is 12.4 Å². The third-order valence-electron chi connectivity index (χ3n) is 5.08. The summed E-state index contributed by atoms with van der Waals surface area (Å²) in [6.45, 7) is 8.53. The van der Waals surface area contributed by atoms with Crippen molar-refractivity contribution in [2.45, 2.75) is 39.5 Å². The molecule has 0 N–H and O–H groups in total. The van der Waals surface area contributed by atoms with Crippen LogP contribution < -0.4 is 4.74 Å². The number of rotatable bonds is 5. The van der Waals surface area contributed by atoms with Crippen LogP contribution in [0.5, 0.6) is 5.75 Å². The standard InChI is InChI=1S/C21H29NO.ClH/c1-21(2)12-6-14-22(16-21)13-5-9-17-7-4-8-18-10-11-19(23-3)15-20(17)18;/h4,7-8,10-11,15H,5-6,9,12-14,16H2,1-3H3;1H. The Labute approximate surface area is 152 Å². The van der Waals surface area contributed by atoms with Crippen LogP contribution in [0.15, 0.2) is 36.4 Å². The van der Waals surface area contributed by atoms with Crippen molar-refractivity contribution >= 4 is 23.2 Å². The molecule has 0 spiro atoms. The smallest absolute Gasteiger partial charge is 0.119 e. The summed E-state index contributed by atoms with van der Waals surface area (Å²) in [5.41, 5.74) is 1.93. The highest BCUT2D eigenvalue weighted by Gasteiger charge is 2.25. The molecule has 0 bridgehead atoms. The molecule has 0 aliphatic carbocycles. The molecule has 24 heavy (non-hydrogen) atoms. The largest absolute Gasteiger partial charge is 0.497 e. The van der Waals surface area contributed by atoms with Crippen LogP contribution in [0, 0.1) is 5.41 Å². The fourth-order valence-electron chi connectivity index (χ4n) is 3.89. The second kappa shape index (κ2) is 8.22. The van der Waals surface area contributed by atoms with E-state index in [4.69, 9.17) is 4.74 Å². The molecule has 3 rings (SSSR count). The average Bonchev–Trinajstić information content (AvgIpc) is 2.54. The highest BCUT2D eigenvalue weighted by atomic mass is 35.5. The lowest BCUT2D eigenvalue weighted by atomic mass is 9.84. The van der Waals surface area contributed by atoms with Gasteiger partial charge in [-0.25, -0.2) is 0 Å². The highest BCUT2D eigenvalue weighted by molar-refractivity contribution is 5.87. The van der Waals surface area contributed by atoms with E-state index in [9.17, 15) is 0 Å². The zero-order chi connectivity index (χ0) is 16.3. The first-order chi connectivity index (χ1) is 11.1. The van der Waals surface area contributed by atoms with Crippen LogP contribution in [0.3, 0.4) is 0 Å². The molecule has 0 radical (unpaired) electrons. The number of hydrogen-bond acceptors (Lipinski definition) is 2. The van der Waals surface area contributed by atoms with Crippen LogP contribution in [0.2, 0.25) is 0 Å². The molecule has 1 aliphatic heterocycles. The minimum Gasteiger partial charge on any atom is -0.497 e. The molecule has 2 aromatic rings. The van der Waals surface area contributed by atoms with Gasteiger partial charge in [-0.1, -0.05) is 38.1 Å². The van der Waals surface area contributed by atoms with Crippen molar-refractivity contribution in [1.29, 1.82) is 0 Å². The van der Waals surface area contributed by atoms with Crippen LogP contribution in [-0.2, 0) is 6.42 Å². The summed E-state index contributed by atoms with van der Waals surface area (Å²) in [5, 5.41) is 2.65. The van der Waals surface area contributed by atoms with E-state index >= 15 is 0 Å². The van der Waals surface area contributed by atoms with E-state index in [2.05, 4.69) is 49.1 Å². The lowest BCUT2D eigenvalue weighted by Crippen LogP contribution is -2.40. The first-order valence-corrected chi connectivity index (χ1v) is 8.85. The van der Waals surface area contributed by atoms with Crippen LogP contribution in [-0.4, -0.2) is 31.6 Å². The minimum absolute atomic E-state index is 0. The Morgan fingerprint density at radius 2 is 2.00 bits per heavy atom. The van der Waals surface area contributed by atoms with E-state index in [-0.39, 0.29) is 12.4 Å². The zero-order valence-corrected chi connectivity index (χ0v) is 16.0. The number of likely N-dealkylation sites (tertiary alicyclic amines) is 1. The molecule has 3 heteroatoms. The predicted octanol–water partition coefficient (Wildman–Crippen LogP) is 5.32. The van der Waals surface area contributed by atoms with Gasteiger partial charge in [0.05, 0.1) is 7.11 Å². The summed E-state index contributed by atoms with van der Waals surface area (Å²) >= 11 is 0. The molecule has 1 aliphatic rings. The van der Waals surface area contributed by atoms with E-state index in [1.54, 1.807) is 7.11 Å². The second-order valence-electron chi connectivity index (χ2n) is 7.65. The predicted molar refractivity (Wildman–Crippen MR) is 106 cm³/mol. The van der Waals surface area contributed by atoms with Gasteiger partial charge in [0.15, 0.2) is 0 Å². The van der Waals surface area contributed by atoms with Crippen molar-refractivity contribution in [3.8, 4) is 5.75 Å². The molecule has 0 amide bonds. The number of piperidine rings is 1. The van der Waals surface area contributed by atoms with Crippen molar-refractivity contribution < 1.29 is 4.74 Å². The van der Waals surface area contributed by atoms with Crippen LogP contribution in [0.1, 0.15) is 38.7 Å². The maximum absolute atomic E-state index is 5.39. The molecule has 2 nitrogen and oxygen atoms in total. The van der Waals surface area contributed by atoms with Crippen molar-refractivity contribution in [3.63, 3.8) is 0 Å². The first kappa shape index (κ1) is 19.1. The summed E-state index contributed by atoms with van der Waals surface area (Å²) in [6, 6.07) is 13.0. The Kier molecular flexibility index (Phi) is 6.54. The number of methoxy groups -OCH3 is 1. The zero-order valence-electron chi connectivity index (χ0n) is 15.2. The summed E-state index contributed by atoms with van der Waals surface area (Å²) in [4.78, 5) is 2.65. The van der Waals surface area contributed by atoms with Gasteiger partial charge in [0.2, 0.25) is 0 Å². The number of halogens is 1. The van der Waals surface area contributed by atoms with E-state index in [0.29, 0.717) is 5.41 Å². The fraction of sp³-hybridized carbons (Fsp3) is 0.524. The Balaban J connectivity index is 0.00000208. The summed E-state index contributed by atoms with van der Waals surface area (Å²) in [7, 11) is 1.74. The van der Waals surface area contributed by atoms with Gasteiger partial charge in [-0.2, -0.15) is 0 Å². The van der Waals surface area contributed by atoms with Gasteiger partial charge in [-0.05, 0) is 72.7 Å². The first-order valence-electron chi connectivity index (χ1n) is 8.85. The Morgan fingerprint density at radius 3 is 2.75 bits per heavy atom. The Morgan fingerprint density at radius 1 is 1.17 bits per heavy atom. The molecule has 2 aromatic carbocycles. The second-order valence-corrected chi connectivity index (χ2v) is 7.65. The molecule has 1 heterocycles. The number of fused-ring (bicyclic) bond motifs is 1. The summed E-state index contributed by atoms with van der Waals surface area (Å²) in [6.07, 6.45) is 5.08. The summed E-state index contributed by atoms with van der Waals surface area (Å²) < 4.78 is 5.39. The number of ether oxygens (including phenoxy) is 1. The van der Waals surface area contributed by atoms with E-state index in [0.717, 1.165) is 12.2 Å². The molecule has 0 saturated carbocycles. The van der Waals surface area contributed by atoms with Crippen molar-refractivity contribution in [2.75, 3.05) is 26.7 Å². The molecule has 132 valence electrons. The molecular formula is C21H30ClNO. The minimum atomic E-state index is 0. The fourth-order valence-corrected chi connectivity index (χ4v) is 3.89. The van der Waals surface area contributed by atoms with Crippen LogP contribution in [0.25, 0.3) is 10.8 Å². The molecule has 0 unspecified atom stereocenters. The topological polar surface area (TPSA) is 12.5 Å². The maximum atomic E-state index is 5.39. The van der Waals surface area contributed by atoms with Gasteiger partial charge in [-0.15, -0.1) is 12.4 Å². The van der Waals surface area contributed by atoms with Crippen molar-refractivity contribution in [1.82, 2.24) is 4.90 Å². The van der Waals surface area contributed by atoms with Gasteiger partial charge in [0.1, 0.15) is 5.75 Å². The molecular weight excluding hydrogens is 318 g/mol. The lowest BCUT2D eigenvalue weighted by molar-refractivity contribution is 0.117. The molecule has 1 fully saturated rings. The maximum Gasteiger partial charge on any atom is 0.119 e. The van der Waals surface area contributed by atoms with E-state index in [1.807, 2.05) is 6.07 Å². The van der Waals surface area contributed by atoms with Gasteiger partial charge >= 0.3 is 0 Å². The SMILES string of the molecule is COc1ccc2cccc(CCCN3CCCC(C)(C)C3)c2c1.Cl. The van der Waals surface area contributed by atoms with Crippen LogP contribution in [0.4, 0.5) is 0 Å². The van der Waals surface area contributed by atoms with Gasteiger partial charge in [0, 0.05) is 6.54 Å². The van der Waals surface area contributed by atoms with Gasteiger partial charge in [0.25, 0.3) is 0 Å². The summed E-state index contributed by atoms with van der Waals surface area (Å²) in [5.74, 6) is 0.947. The average molecular weight is 348 g/mol. The van der Waals surface area contributed by atoms with Gasteiger partial charge in [-0.3, -0.25) is 0 Å². The van der Waals surface area contributed by atoms with Crippen molar-refractivity contribution in [2.24, 2.45) is 5.41 Å². The normalized spacial score (nSPS) is 17.5. The number of nitrogens with zero attached hydrogens (tertiary/aromatic N) is 1. The Bertz CT molecular complexity index is 668. The monoisotopic (exact) mass is 347 g/mol. The highest BCUT2D eigenvalue weighted by Crippen LogP contribution is 2.29.